The Kier molecular flexibility index (Phi) is 10.8. The highest BCUT2D eigenvalue weighted by molar-refractivity contribution is 5.70. The van der Waals surface area contributed by atoms with E-state index in [-0.39, 0.29) is 5.92 Å². The third-order valence-electron chi connectivity index (χ3n) is 6.93. The maximum Gasteiger partial charge on any atom is 0.306 e. The monoisotopic (exact) mass is 352 g/mol. The Morgan fingerprint density at radius 1 is 0.920 bits per heavy atom. The van der Waals surface area contributed by atoms with E-state index in [4.69, 9.17) is 0 Å². The number of hydrogen-bond donors (Lipinski definition) is 1. The zero-order valence-corrected chi connectivity index (χ0v) is 17.5. The van der Waals surface area contributed by atoms with Crippen LogP contribution in [0.3, 0.4) is 0 Å². The molecule has 1 saturated carbocycles. The van der Waals surface area contributed by atoms with Crippen LogP contribution in [0.25, 0.3) is 0 Å². The molecular formula is C23H44O2. The summed E-state index contributed by atoms with van der Waals surface area (Å²) in [6, 6.07) is 0. The predicted molar refractivity (Wildman–Crippen MR) is 108 cm³/mol. The van der Waals surface area contributed by atoms with E-state index in [1.54, 1.807) is 0 Å². The topological polar surface area (TPSA) is 37.3 Å². The van der Waals surface area contributed by atoms with Crippen molar-refractivity contribution in [2.75, 3.05) is 0 Å². The zero-order valence-electron chi connectivity index (χ0n) is 17.5. The van der Waals surface area contributed by atoms with Crippen LogP contribution in [0.5, 0.6) is 0 Å². The van der Waals surface area contributed by atoms with Crippen molar-refractivity contribution in [3.8, 4) is 0 Å². The number of carboxylic acids is 1. The molecule has 2 unspecified atom stereocenters. The van der Waals surface area contributed by atoms with Crippen molar-refractivity contribution < 1.29 is 9.90 Å². The van der Waals surface area contributed by atoms with Gasteiger partial charge in [0.05, 0.1) is 5.92 Å². The van der Waals surface area contributed by atoms with Crippen LogP contribution in [-0.2, 0) is 4.79 Å². The van der Waals surface area contributed by atoms with Crippen molar-refractivity contribution in [2.45, 2.75) is 118 Å². The van der Waals surface area contributed by atoms with Gasteiger partial charge in [-0.3, -0.25) is 4.79 Å². The van der Waals surface area contributed by atoms with E-state index in [2.05, 4.69) is 27.7 Å². The highest BCUT2D eigenvalue weighted by Crippen LogP contribution is 2.49. The molecule has 1 N–H and O–H groups in total. The molecule has 1 aliphatic carbocycles. The van der Waals surface area contributed by atoms with Gasteiger partial charge in [-0.05, 0) is 55.8 Å². The van der Waals surface area contributed by atoms with Crippen LogP contribution in [0.1, 0.15) is 118 Å². The molecule has 1 fully saturated rings. The predicted octanol–water partition coefficient (Wildman–Crippen LogP) is 7.46. The zero-order chi connectivity index (χ0) is 18.7. The Hall–Kier alpha value is -0.530. The van der Waals surface area contributed by atoms with Gasteiger partial charge in [0.2, 0.25) is 0 Å². The van der Waals surface area contributed by atoms with Crippen LogP contribution in [0.2, 0.25) is 0 Å². The molecular weight excluding hydrogens is 308 g/mol. The average Bonchev–Trinajstić information content (AvgIpc) is 2.62. The number of carbonyl (C=O) groups is 1. The fourth-order valence-corrected chi connectivity index (χ4v) is 5.08. The van der Waals surface area contributed by atoms with E-state index >= 15 is 0 Å². The van der Waals surface area contributed by atoms with Crippen LogP contribution in [0.4, 0.5) is 0 Å². The van der Waals surface area contributed by atoms with E-state index in [1.807, 2.05) is 0 Å². The van der Waals surface area contributed by atoms with E-state index < -0.39 is 5.97 Å². The van der Waals surface area contributed by atoms with Gasteiger partial charge < -0.3 is 5.11 Å². The SMILES string of the molecule is CCCCC(CC)CC1(CC(CC)CCCC)CCC(C(=O)O)CC1. The lowest BCUT2D eigenvalue weighted by Crippen LogP contribution is -2.34. The minimum absolute atomic E-state index is 0.0837. The molecule has 0 saturated heterocycles. The summed E-state index contributed by atoms with van der Waals surface area (Å²) >= 11 is 0. The number of carboxylic acid groups (broad SMARTS) is 1. The molecule has 0 heterocycles. The Bertz CT molecular complexity index is 335. The average molecular weight is 353 g/mol. The summed E-state index contributed by atoms with van der Waals surface area (Å²) in [6.45, 7) is 9.29. The van der Waals surface area contributed by atoms with Crippen LogP contribution < -0.4 is 0 Å². The van der Waals surface area contributed by atoms with Gasteiger partial charge in [-0.15, -0.1) is 0 Å². The van der Waals surface area contributed by atoms with Crippen molar-refractivity contribution in [3.63, 3.8) is 0 Å². The lowest BCUT2D eigenvalue weighted by molar-refractivity contribution is -0.144. The minimum atomic E-state index is -0.565. The maximum absolute atomic E-state index is 11.4. The smallest absolute Gasteiger partial charge is 0.306 e. The molecule has 2 atom stereocenters. The van der Waals surface area contributed by atoms with Crippen molar-refractivity contribution in [1.82, 2.24) is 0 Å². The molecule has 2 nitrogen and oxygen atoms in total. The van der Waals surface area contributed by atoms with Gasteiger partial charge in [-0.25, -0.2) is 0 Å². The van der Waals surface area contributed by atoms with Gasteiger partial charge in [0.15, 0.2) is 0 Å². The summed E-state index contributed by atoms with van der Waals surface area (Å²) in [5, 5.41) is 9.40. The van der Waals surface area contributed by atoms with E-state index in [9.17, 15) is 9.90 Å². The fraction of sp³-hybridized carbons (Fsp3) is 0.957. The summed E-state index contributed by atoms with van der Waals surface area (Å²) in [7, 11) is 0. The first-order valence-corrected chi connectivity index (χ1v) is 11.2. The van der Waals surface area contributed by atoms with Crippen molar-refractivity contribution >= 4 is 5.97 Å². The molecule has 0 amide bonds. The minimum Gasteiger partial charge on any atom is -0.481 e. The lowest BCUT2D eigenvalue weighted by atomic mass is 9.61. The second-order valence-corrected chi connectivity index (χ2v) is 8.85. The first-order valence-electron chi connectivity index (χ1n) is 11.2. The van der Waals surface area contributed by atoms with Crippen LogP contribution >= 0.6 is 0 Å². The molecule has 1 aliphatic rings. The molecule has 25 heavy (non-hydrogen) atoms. The summed E-state index contributed by atoms with van der Waals surface area (Å²) in [6.07, 6.45) is 17.4. The number of aliphatic carboxylic acids is 1. The van der Waals surface area contributed by atoms with E-state index in [1.165, 1.54) is 64.2 Å². The highest BCUT2D eigenvalue weighted by Gasteiger charge is 2.39. The summed E-state index contributed by atoms with van der Waals surface area (Å²) < 4.78 is 0. The summed E-state index contributed by atoms with van der Waals surface area (Å²) in [5.74, 6) is 1.03. The molecule has 0 bridgehead atoms. The van der Waals surface area contributed by atoms with Gasteiger partial charge in [-0.2, -0.15) is 0 Å². The molecule has 148 valence electrons. The molecule has 0 aromatic heterocycles. The van der Waals surface area contributed by atoms with Gasteiger partial charge in [0.25, 0.3) is 0 Å². The van der Waals surface area contributed by atoms with E-state index in [0.29, 0.717) is 5.41 Å². The van der Waals surface area contributed by atoms with Gasteiger partial charge in [0.1, 0.15) is 0 Å². The quantitative estimate of drug-likeness (QED) is 0.373. The van der Waals surface area contributed by atoms with Gasteiger partial charge in [-0.1, -0.05) is 79.1 Å². The van der Waals surface area contributed by atoms with Crippen LogP contribution in [-0.4, -0.2) is 11.1 Å². The second-order valence-electron chi connectivity index (χ2n) is 8.85. The fourth-order valence-electron chi connectivity index (χ4n) is 5.08. The van der Waals surface area contributed by atoms with Crippen molar-refractivity contribution in [2.24, 2.45) is 23.2 Å². The number of rotatable bonds is 13. The van der Waals surface area contributed by atoms with Crippen molar-refractivity contribution in [3.05, 3.63) is 0 Å². The largest absolute Gasteiger partial charge is 0.481 e. The lowest BCUT2D eigenvalue weighted by Gasteiger charge is -2.44. The normalized spacial score (nSPS) is 26.3. The Labute approximate surface area is 157 Å². The maximum atomic E-state index is 11.4. The number of unbranched alkanes of at least 4 members (excludes halogenated alkanes) is 2. The highest BCUT2D eigenvalue weighted by atomic mass is 16.4. The Morgan fingerprint density at radius 2 is 1.36 bits per heavy atom. The van der Waals surface area contributed by atoms with Crippen molar-refractivity contribution in [1.29, 1.82) is 0 Å². The van der Waals surface area contributed by atoms with Crippen LogP contribution in [0.15, 0.2) is 0 Å². The summed E-state index contributed by atoms with van der Waals surface area (Å²) in [5.41, 5.74) is 0.425. The molecule has 2 heteroatoms. The molecule has 0 aromatic rings. The molecule has 0 radical (unpaired) electrons. The Balaban J connectivity index is 2.80. The first-order chi connectivity index (χ1) is 12.0. The molecule has 0 aromatic carbocycles. The van der Waals surface area contributed by atoms with E-state index in [0.717, 1.165) is 37.5 Å². The first kappa shape index (κ1) is 22.5. The van der Waals surface area contributed by atoms with Crippen LogP contribution in [0, 0.1) is 23.2 Å². The number of hydrogen-bond acceptors (Lipinski definition) is 1. The van der Waals surface area contributed by atoms with Gasteiger partial charge in [0, 0.05) is 0 Å². The Morgan fingerprint density at radius 3 is 1.68 bits per heavy atom. The molecule has 0 aliphatic heterocycles. The molecule has 1 rings (SSSR count). The molecule has 0 spiro atoms. The second kappa shape index (κ2) is 12.0. The third kappa shape index (κ3) is 7.71. The summed E-state index contributed by atoms with van der Waals surface area (Å²) in [4.78, 5) is 11.4. The standard InChI is InChI=1S/C23H44O2/c1-5-9-11-19(7-3)17-23(18-20(8-4)12-10-6-2)15-13-21(14-16-23)22(24)25/h19-21H,5-18H2,1-4H3,(H,24,25). The van der Waals surface area contributed by atoms with Gasteiger partial charge >= 0.3 is 5.97 Å². The third-order valence-corrected chi connectivity index (χ3v) is 6.93.